The third kappa shape index (κ3) is 4.53. The van der Waals surface area contributed by atoms with E-state index in [0.29, 0.717) is 12.1 Å². The molecular formula is C21H29N3O. The number of hydrogen-bond donors (Lipinski definition) is 3. The van der Waals surface area contributed by atoms with Gasteiger partial charge in [0.1, 0.15) is 5.75 Å². The van der Waals surface area contributed by atoms with Crippen LogP contribution in [-0.2, 0) is 6.54 Å². The summed E-state index contributed by atoms with van der Waals surface area (Å²) in [4.78, 5) is 0. The molecule has 0 aromatic heterocycles. The number of rotatable bonds is 7. The molecule has 1 heterocycles. The van der Waals surface area contributed by atoms with Crippen LogP contribution < -0.4 is 20.7 Å². The molecule has 2 aromatic carbocycles. The summed E-state index contributed by atoms with van der Waals surface area (Å²) in [5.74, 6) is 0.949. The molecule has 1 aliphatic heterocycles. The Kier molecular flexibility index (Phi) is 6.31. The van der Waals surface area contributed by atoms with E-state index in [2.05, 4.69) is 59.3 Å². The summed E-state index contributed by atoms with van der Waals surface area (Å²) in [5, 5.41) is 10.8. The Balaban J connectivity index is 1.68. The molecule has 4 nitrogen and oxygen atoms in total. The van der Waals surface area contributed by atoms with Crippen molar-refractivity contribution in [3.8, 4) is 5.75 Å². The topological polar surface area (TPSA) is 45.3 Å². The Morgan fingerprint density at radius 1 is 1.12 bits per heavy atom. The van der Waals surface area contributed by atoms with Crippen LogP contribution in [0.2, 0.25) is 0 Å². The molecule has 3 rings (SSSR count). The van der Waals surface area contributed by atoms with Gasteiger partial charge in [-0.2, -0.15) is 0 Å². The lowest BCUT2D eigenvalue weighted by Gasteiger charge is -2.34. The fourth-order valence-corrected chi connectivity index (χ4v) is 3.56. The maximum absolute atomic E-state index is 5.47. The molecule has 0 bridgehead atoms. The molecule has 0 radical (unpaired) electrons. The lowest BCUT2D eigenvalue weighted by molar-refractivity contribution is 0.303. The first kappa shape index (κ1) is 17.8. The van der Waals surface area contributed by atoms with Gasteiger partial charge in [-0.05, 0) is 50.1 Å². The van der Waals surface area contributed by atoms with Crippen molar-refractivity contribution >= 4 is 5.69 Å². The normalized spacial score (nSPS) is 20.2. The Bertz CT molecular complexity index is 656. The second kappa shape index (κ2) is 8.88. The minimum Gasteiger partial charge on any atom is -0.496 e. The second-order valence-electron chi connectivity index (χ2n) is 6.53. The molecule has 1 fully saturated rings. The van der Waals surface area contributed by atoms with Crippen LogP contribution >= 0.6 is 0 Å². The number of ether oxygens (including phenoxy) is 1. The molecule has 4 heteroatoms. The summed E-state index contributed by atoms with van der Waals surface area (Å²) in [7, 11) is 1.73. The number of nitrogens with one attached hydrogen (secondary N) is 3. The highest BCUT2D eigenvalue weighted by atomic mass is 16.5. The molecule has 2 atom stereocenters. The minimum absolute atomic E-state index is 0.346. The summed E-state index contributed by atoms with van der Waals surface area (Å²) in [5.41, 5.74) is 3.73. The number of piperidine rings is 1. The summed E-state index contributed by atoms with van der Waals surface area (Å²) in [6, 6.07) is 17.8. The van der Waals surface area contributed by atoms with E-state index in [-0.39, 0.29) is 0 Å². The fraction of sp³-hybridized carbons (Fsp3) is 0.429. The van der Waals surface area contributed by atoms with Gasteiger partial charge >= 0.3 is 0 Å². The van der Waals surface area contributed by atoms with Gasteiger partial charge in [-0.1, -0.05) is 30.3 Å². The van der Waals surface area contributed by atoms with E-state index in [9.17, 15) is 0 Å². The lowest BCUT2D eigenvalue weighted by atomic mass is 9.92. The quantitative estimate of drug-likeness (QED) is 0.720. The molecule has 2 unspecified atom stereocenters. The number of anilines is 1. The standard InChI is InChI=1S/C21H29N3O/c1-3-22-18-12-10-16(11-13-18)21-19(8-6-14-23-21)24-15-17-7-4-5-9-20(17)25-2/h4-5,7,9-13,19,21-24H,3,6,8,14-15H2,1-2H3. The van der Waals surface area contributed by atoms with Crippen molar-refractivity contribution in [2.45, 2.75) is 38.4 Å². The molecule has 3 N–H and O–H groups in total. The van der Waals surface area contributed by atoms with E-state index in [0.717, 1.165) is 25.4 Å². The predicted molar refractivity (Wildman–Crippen MR) is 104 cm³/mol. The van der Waals surface area contributed by atoms with Crippen LogP contribution in [0.25, 0.3) is 0 Å². The molecule has 2 aromatic rings. The Morgan fingerprint density at radius 2 is 1.92 bits per heavy atom. The van der Waals surface area contributed by atoms with Crippen LogP contribution in [0, 0.1) is 0 Å². The molecule has 0 amide bonds. The van der Waals surface area contributed by atoms with Crippen LogP contribution in [-0.4, -0.2) is 26.2 Å². The van der Waals surface area contributed by atoms with E-state index in [1.807, 2.05) is 12.1 Å². The Labute approximate surface area is 151 Å². The SMILES string of the molecule is CCNc1ccc(C2NCCCC2NCc2ccccc2OC)cc1. The average molecular weight is 339 g/mol. The zero-order valence-corrected chi connectivity index (χ0v) is 15.2. The number of methoxy groups -OCH3 is 1. The fourth-order valence-electron chi connectivity index (χ4n) is 3.56. The van der Waals surface area contributed by atoms with Crippen molar-refractivity contribution in [1.82, 2.24) is 10.6 Å². The lowest BCUT2D eigenvalue weighted by Crippen LogP contribution is -2.45. The van der Waals surface area contributed by atoms with Gasteiger partial charge in [-0.25, -0.2) is 0 Å². The van der Waals surface area contributed by atoms with Crippen molar-refractivity contribution in [3.63, 3.8) is 0 Å². The number of para-hydroxylation sites is 1. The Hall–Kier alpha value is -2.04. The first-order valence-corrected chi connectivity index (χ1v) is 9.24. The van der Waals surface area contributed by atoms with Gasteiger partial charge in [0.05, 0.1) is 7.11 Å². The zero-order chi connectivity index (χ0) is 17.5. The third-order valence-electron chi connectivity index (χ3n) is 4.86. The number of hydrogen-bond acceptors (Lipinski definition) is 4. The molecule has 1 saturated heterocycles. The van der Waals surface area contributed by atoms with E-state index in [4.69, 9.17) is 4.74 Å². The van der Waals surface area contributed by atoms with E-state index >= 15 is 0 Å². The molecular weight excluding hydrogens is 310 g/mol. The first-order valence-electron chi connectivity index (χ1n) is 9.24. The van der Waals surface area contributed by atoms with E-state index in [1.165, 1.54) is 29.7 Å². The predicted octanol–water partition coefficient (Wildman–Crippen LogP) is 3.71. The van der Waals surface area contributed by atoms with Crippen LogP contribution in [0.3, 0.4) is 0 Å². The maximum atomic E-state index is 5.47. The van der Waals surface area contributed by atoms with Crippen LogP contribution in [0.1, 0.15) is 36.9 Å². The van der Waals surface area contributed by atoms with Crippen molar-refractivity contribution in [3.05, 3.63) is 59.7 Å². The van der Waals surface area contributed by atoms with Gasteiger partial charge in [0.25, 0.3) is 0 Å². The summed E-state index contributed by atoms with van der Waals surface area (Å²) in [6.45, 7) is 4.97. The molecule has 0 saturated carbocycles. The van der Waals surface area contributed by atoms with Crippen molar-refractivity contribution in [1.29, 1.82) is 0 Å². The minimum atomic E-state index is 0.346. The highest BCUT2D eigenvalue weighted by molar-refractivity contribution is 5.45. The second-order valence-corrected chi connectivity index (χ2v) is 6.53. The monoisotopic (exact) mass is 339 g/mol. The average Bonchev–Trinajstić information content (AvgIpc) is 2.68. The van der Waals surface area contributed by atoms with Crippen LogP contribution in [0.5, 0.6) is 5.75 Å². The molecule has 0 spiro atoms. The van der Waals surface area contributed by atoms with Gasteiger partial charge in [0.15, 0.2) is 0 Å². The molecule has 134 valence electrons. The molecule has 1 aliphatic rings. The molecule has 0 aliphatic carbocycles. The third-order valence-corrected chi connectivity index (χ3v) is 4.86. The summed E-state index contributed by atoms with van der Waals surface area (Å²) < 4.78 is 5.47. The summed E-state index contributed by atoms with van der Waals surface area (Å²) >= 11 is 0. The first-order chi connectivity index (χ1) is 12.3. The van der Waals surface area contributed by atoms with Gasteiger partial charge in [-0.3, -0.25) is 0 Å². The zero-order valence-electron chi connectivity index (χ0n) is 15.2. The summed E-state index contributed by atoms with van der Waals surface area (Å²) in [6.07, 6.45) is 2.39. The highest BCUT2D eigenvalue weighted by Gasteiger charge is 2.25. The van der Waals surface area contributed by atoms with Gasteiger partial charge in [0.2, 0.25) is 0 Å². The highest BCUT2D eigenvalue weighted by Crippen LogP contribution is 2.26. The van der Waals surface area contributed by atoms with Crippen molar-refractivity contribution < 1.29 is 4.74 Å². The van der Waals surface area contributed by atoms with Crippen molar-refractivity contribution in [2.24, 2.45) is 0 Å². The van der Waals surface area contributed by atoms with E-state index < -0.39 is 0 Å². The largest absolute Gasteiger partial charge is 0.496 e. The van der Waals surface area contributed by atoms with Gasteiger partial charge in [-0.15, -0.1) is 0 Å². The van der Waals surface area contributed by atoms with Crippen molar-refractivity contribution in [2.75, 3.05) is 25.5 Å². The number of benzene rings is 2. The van der Waals surface area contributed by atoms with Gasteiger partial charge in [0, 0.05) is 36.4 Å². The maximum Gasteiger partial charge on any atom is 0.123 e. The smallest absolute Gasteiger partial charge is 0.123 e. The molecule has 25 heavy (non-hydrogen) atoms. The van der Waals surface area contributed by atoms with E-state index in [1.54, 1.807) is 7.11 Å². The Morgan fingerprint density at radius 3 is 2.68 bits per heavy atom. The van der Waals surface area contributed by atoms with Gasteiger partial charge < -0.3 is 20.7 Å². The van der Waals surface area contributed by atoms with Crippen LogP contribution in [0.4, 0.5) is 5.69 Å². The van der Waals surface area contributed by atoms with Crippen LogP contribution in [0.15, 0.2) is 48.5 Å².